The summed E-state index contributed by atoms with van der Waals surface area (Å²) in [6.07, 6.45) is 10.4. The zero-order valence-corrected chi connectivity index (χ0v) is 29.5. The highest BCUT2D eigenvalue weighted by molar-refractivity contribution is 5.71. The Kier molecular flexibility index (Phi) is 5.59. The average Bonchev–Trinajstić information content (AvgIpc) is 3.66. The van der Waals surface area contributed by atoms with E-state index in [1.165, 1.54) is 72.2 Å². The smallest absolute Gasteiger partial charge is 0.136 e. The first kappa shape index (κ1) is 29.6. The minimum absolute atomic E-state index is 0. The first-order valence-electron chi connectivity index (χ1n) is 18.5. The Morgan fingerprint density at radius 2 is 1.08 bits per heavy atom. The molecule has 9 heterocycles. The second kappa shape index (κ2) is 9.05. The van der Waals surface area contributed by atoms with E-state index < -0.39 is 0 Å². The zero-order valence-electron chi connectivity index (χ0n) is 28.0. The van der Waals surface area contributed by atoms with E-state index in [4.69, 9.17) is 9.47 Å². The third-order valence-electron chi connectivity index (χ3n) is 16.9. The molecule has 2 aromatic carbocycles. The summed E-state index contributed by atoms with van der Waals surface area (Å²) >= 11 is 0. The van der Waals surface area contributed by atoms with Crippen LogP contribution in [-0.4, -0.2) is 99.1 Å². The number of likely N-dealkylation sites (N-methyl/N-ethyl adjacent to an activating group) is 2. The number of piperidine rings is 2. The monoisotopic (exact) mass is 684 g/mol. The van der Waals surface area contributed by atoms with Crippen molar-refractivity contribution >= 4 is 11.4 Å². The van der Waals surface area contributed by atoms with Crippen molar-refractivity contribution in [2.75, 3.05) is 63.3 Å². The van der Waals surface area contributed by atoms with Gasteiger partial charge in [0.05, 0.1) is 63.3 Å². The van der Waals surface area contributed by atoms with Gasteiger partial charge >= 0.3 is 0 Å². The van der Waals surface area contributed by atoms with Crippen LogP contribution in [0.25, 0.3) is 0 Å². The fraction of sp³-hybridized carbons (Fsp3) is 0.600. The standard InChI is InChI=1S/C40H46N4O2.2ClH/c1-43-15-13-39-27-7-3-5-9-29(27)41-35(39)33-25(19-31(39)43)23(21-43)11-17-45-37(33)42-30-10-6-4-8-28(30)40-14-16-44(2)22-24-12-18-46-38(41)34(36(40)42)26(24)20-32(40)44;;/h3-12,25-26,31-38H,13-22H2,1-2H3;2*1H/q+2;;/p-2/t25-,26-,31-,32-,33+,34+,35-,36-,37+,38+,39+,40+,43?,44?;;/m0../s1. The molecule has 13 rings (SSSR count). The van der Waals surface area contributed by atoms with Crippen molar-refractivity contribution in [2.45, 2.75) is 73.1 Å². The summed E-state index contributed by atoms with van der Waals surface area (Å²) < 4.78 is 17.3. The topological polar surface area (TPSA) is 24.9 Å². The van der Waals surface area contributed by atoms with Crippen LogP contribution in [-0.2, 0) is 20.3 Å². The fourth-order valence-corrected chi connectivity index (χ4v) is 15.7. The third-order valence-corrected chi connectivity index (χ3v) is 16.9. The van der Waals surface area contributed by atoms with Crippen molar-refractivity contribution in [3.8, 4) is 0 Å². The third kappa shape index (κ3) is 2.87. The molecule has 2 aromatic rings. The normalized spacial score (nSPS) is 51.1. The number of para-hydroxylation sites is 2. The van der Waals surface area contributed by atoms with Crippen LogP contribution in [0.2, 0.25) is 0 Å². The number of anilines is 2. The largest absolute Gasteiger partial charge is 1.00 e. The Morgan fingerprint density at radius 1 is 0.646 bits per heavy atom. The number of ether oxygens (including phenoxy) is 2. The number of fused-ring (bicyclic) bond motifs is 6. The van der Waals surface area contributed by atoms with Gasteiger partial charge in [-0.15, -0.1) is 0 Å². The second-order valence-electron chi connectivity index (χ2n) is 17.9. The van der Waals surface area contributed by atoms with Crippen molar-refractivity contribution < 1.29 is 43.3 Å². The lowest BCUT2D eigenvalue weighted by molar-refractivity contribution is -0.925. The number of nitrogens with zero attached hydrogens (tertiary/aromatic N) is 4. The van der Waals surface area contributed by atoms with Crippen LogP contribution < -0.4 is 34.6 Å². The highest BCUT2D eigenvalue weighted by Crippen LogP contribution is 2.72. The molecule has 6 nitrogen and oxygen atoms in total. The van der Waals surface area contributed by atoms with Crippen molar-refractivity contribution in [1.82, 2.24) is 0 Å². The summed E-state index contributed by atoms with van der Waals surface area (Å²) in [7, 11) is 5.20. The predicted octanol–water partition coefficient (Wildman–Crippen LogP) is -1.44. The van der Waals surface area contributed by atoms with Crippen molar-refractivity contribution in [2.24, 2.45) is 23.7 Å². The van der Waals surface area contributed by atoms with Gasteiger partial charge in [0, 0.05) is 60.7 Å². The molecule has 0 radical (unpaired) electrons. The zero-order chi connectivity index (χ0) is 29.9. The van der Waals surface area contributed by atoms with Gasteiger partial charge < -0.3 is 53.1 Å². The van der Waals surface area contributed by atoms with Crippen molar-refractivity contribution in [1.29, 1.82) is 0 Å². The highest BCUT2D eigenvalue weighted by Gasteiger charge is 2.80. The average molecular weight is 686 g/mol. The Balaban J connectivity index is 0.00000140. The lowest BCUT2D eigenvalue weighted by Crippen LogP contribution is -3.00. The molecule has 9 aliphatic heterocycles. The predicted molar refractivity (Wildman–Crippen MR) is 176 cm³/mol. The molecule has 8 heteroatoms. The Bertz CT molecular complexity index is 1720. The quantitative estimate of drug-likeness (QED) is 0.251. The van der Waals surface area contributed by atoms with E-state index in [9.17, 15) is 0 Å². The molecule has 2 aliphatic carbocycles. The molecular formula is C40H46Cl2N4O2. The van der Waals surface area contributed by atoms with E-state index in [-0.39, 0.29) is 48.1 Å². The van der Waals surface area contributed by atoms with E-state index in [2.05, 4.69) is 84.6 Å². The molecule has 2 unspecified atom stereocenters. The summed E-state index contributed by atoms with van der Waals surface area (Å²) in [5.41, 5.74) is 9.97. The van der Waals surface area contributed by atoms with Crippen LogP contribution in [0.1, 0.15) is 36.8 Å². The molecular weight excluding hydrogens is 639 g/mol. The van der Waals surface area contributed by atoms with Gasteiger partial charge in [-0.2, -0.15) is 0 Å². The molecule has 0 N–H and O–H groups in total. The molecule has 11 aliphatic rings. The lowest BCUT2D eigenvalue weighted by Gasteiger charge is -2.65. The van der Waals surface area contributed by atoms with Gasteiger partial charge in [0.2, 0.25) is 0 Å². The number of halogens is 2. The van der Waals surface area contributed by atoms with Gasteiger partial charge in [-0.1, -0.05) is 48.6 Å². The van der Waals surface area contributed by atoms with Crippen LogP contribution >= 0.6 is 0 Å². The van der Waals surface area contributed by atoms with E-state index in [0.29, 0.717) is 47.8 Å². The van der Waals surface area contributed by atoms with Gasteiger partial charge in [0.15, 0.2) is 0 Å². The van der Waals surface area contributed by atoms with Crippen LogP contribution in [0.15, 0.2) is 71.8 Å². The van der Waals surface area contributed by atoms with Crippen LogP contribution in [0.4, 0.5) is 11.4 Å². The van der Waals surface area contributed by atoms with Gasteiger partial charge in [-0.3, -0.25) is 0 Å². The van der Waals surface area contributed by atoms with E-state index >= 15 is 0 Å². The molecule has 252 valence electrons. The highest BCUT2D eigenvalue weighted by atomic mass is 35.5. The summed E-state index contributed by atoms with van der Waals surface area (Å²) in [6.45, 7) is 6.48. The molecule has 0 amide bonds. The van der Waals surface area contributed by atoms with Crippen molar-refractivity contribution in [3.63, 3.8) is 0 Å². The second-order valence-corrected chi connectivity index (χ2v) is 17.9. The minimum atomic E-state index is 0. The van der Waals surface area contributed by atoms with Crippen LogP contribution in [0.5, 0.6) is 0 Å². The molecule has 0 aromatic heterocycles. The Labute approximate surface area is 296 Å². The molecule has 4 bridgehead atoms. The maximum absolute atomic E-state index is 7.44. The summed E-state index contributed by atoms with van der Waals surface area (Å²) in [6, 6.07) is 21.5. The van der Waals surface area contributed by atoms with E-state index in [1.54, 1.807) is 22.3 Å². The van der Waals surface area contributed by atoms with E-state index in [0.717, 1.165) is 13.2 Å². The number of hydrogen-bond acceptors (Lipinski definition) is 4. The van der Waals surface area contributed by atoms with Crippen molar-refractivity contribution in [3.05, 3.63) is 83.0 Å². The van der Waals surface area contributed by atoms with Gasteiger partial charge in [0.25, 0.3) is 0 Å². The summed E-state index contributed by atoms with van der Waals surface area (Å²) in [5, 5.41) is 0. The Hall–Kier alpha value is -2.06. The molecule has 2 spiro atoms. The molecule has 14 atom stereocenters. The number of benzene rings is 2. The summed E-state index contributed by atoms with van der Waals surface area (Å²) in [5.74, 6) is 1.97. The van der Waals surface area contributed by atoms with E-state index in [1.807, 2.05) is 0 Å². The first-order valence-corrected chi connectivity index (χ1v) is 18.5. The fourth-order valence-electron chi connectivity index (χ4n) is 15.7. The summed E-state index contributed by atoms with van der Waals surface area (Å²) in [4.78, 5) is 5.96. The van der Waals surface area contributed by atoms with Gasteiger partial charge in [0.1, 0.15) is 37.6 Å². The number of quaternary nitrogens is 2. The number of hydrogen-bond donors (Lipinski definition) is 0. The van der Waals surface area contributed by atoms with Gasteiger partial charge in [-0.05, 0) is 34.4 Å². The van der Waals surface area contributed by atoms with Crippen LogP contribution in [0.3, 0.4) is 0 Å². The molecule has 7 fully saturated rings. The first-order chi connectivity index (χ1) is 22.5. The maximum atomic E-state index is 7.44. The van der Waals surface area contributed by atoms with Crippen LogP contribution in [0, 0.1) is 23.7 Å². The lowest BCUT2D eigenvalue weighted by atomic mass is 9.52. The minimum Gasteiger partial charge on any atom is -1.00 e. The van der Waals surface area contributed by atoms with Gasteiger partial charge in [-0.25, -0.2) is 0 Å². The maximum Gasteiger partial charge on any atom is 0.136 e. The molecule has 48 heavy (non-hydrogen) atoms. The SMILES string of the molecule is C[N+]12CC[C@@]34c5ccccc5N5[C@@H]6OCC=C7C[N+]8(C)CC[C@]9%10c%11ccccc%11N([C@@H]%11OCC=C(C1)[C@H](C[C@@H]32)[C@@H]%11[C@H]54)[C@H]9[C@H]6[C@H]7C[C@@H]%108.[Cl-].[Cl-]. The number of rotatable bonds is 0. The molecule has 2 saturated carbocycles. The Morgan fingerprint density at radius 3 is 1.54 bits per heavy atom. The molecule has 5 saturated heterocycles.